The molecule has 0 amide bonds. The van der Waals surface area contributed by atoms with Gasteiger partial charge in [0, 0.05) is 18.2 Å². The van der Waals surface area contributed by atoms with Gasteiger partial charge in [-0.3, -0.25) is 0 Å². The van der Waals surface area contributed by atoms with E-state index >= 15 is 0 Å². The number of hydrogen-bond acceptors (Lipinski definition) is 5. The summed E-state index contributed by atoms with van der Waals surface area (Å²) in [5.41, 5.74) is 0.880. The molecule has 2 heterocycles. The number of methoxy groups -OCH3 is 2. The Morgan fingerprint density at radius 3 is 2.70 bits per heavy atom. The van der Waals surface area contributed by atoms with Crippen LogP contribution in [-0.2, 0) is 10.0 Å². The summed E-state index contributed by atoms with van der Waals surface area (Å²) in [4.78, 5) is 0. The van der Waals surface area contributed by atoms with E-state index in [-0.39, 0.29) is 6.04 Å². The van der Waals surface area contributed by atoms with Crippen LogP contribution in [0.15, 0.2) is 39.9 Å². The molecule has 1 saturated heterocycles. The second kappa shape index (κ2) is 6.51. The zero-order valence-corrected chi connectivity index (χ0v) is 14.7. The van der Waals surface area contributed by atoms with Gasteiger partial charge in [-0.15, -0.1) is 11.3 Å². The molecule has 0 radical (unpaired) electrons. The molecule has 0 bridgehead atoms. The Bertz CT molecular complexity index is 771. The Balaban J connectivity index is 2.00. The van der Waals surface area contributed by atoms with Gasteiger partial charge in [0.1, 0.15) is 15.7 Å². The second-order valence-corrected chi connectivity index (χ2v) is 8.38. The smallest absolute Gasteiger partial charge is 0.253 e. The maximum atomic E-state index is 12.9. The van der Waals surface area contributed by atoms with Crippen LogP contribution < -0.4 is 9.47 Å². The van der Waals surface area contributed by atoms with E-state index in [1.165, 1.54) is 11.3 Å². The molecule has 1 fully saturated rings. The van der Waals surface area contributed by atoms with Crippen LogP contribution in [0, 0.1) is 0 Å². The van der Waals surface area contributed by atoms with E-state index in [4.69, 9.17) is 9.47 Å². The van der Waals surface area contributed by atoms with Gasteiger partial charge in [0.25, 0.3) is 10.0 Å². The molecule has 124 valence electrons. The molecule has 1 unspecified atom stereocenters. The normalized spacial score (nSPS) is 19.0. The standard InChI is InChI=1S/C16H19NO4S2/c1-20-12-7-8-13(15(11-12)21-2)14-5-3-9-17(14)23(18,19)16-6-4-10-22-16/h4,6-8,10-11,14H,3,5,9H2,1-2H3. The Labute approximate surface area is 140 Å². The zero-order chi connectivity index (χ0) is 16.4. The largest absolute Gasteiger partial charge is 0.497 e. The second-order valence-electron chi connectivity index (χ2n) is 5.31. The average Bonchev–Trinajstić information content (AvgIpc) is 3.25. The molecule has 1 aromatic carbocycles. The first-order valence-electron chi connectivity index (χ1n) is 7.35. The van der Waals surface area contributed by atoms with Crippen molar-refractivity contribution in [2.75, 3.05) is 20.8 Å². The predicted molar refractivity (Wildman–Crippen MR) is 89.7 cm³/mol. The van der Waals surface area contributed by atoms with Crippen molar-refractivity contribution in [2.24, 2.45) is 0 Å². The minimum Gasteiger partial charge on any atom is -0.497 e. The van der Waals surface area contributed by atoms with Gasteiger partial charge in [-0.05, 0) is 30.4 Å². The fourth-order valence-electron chi connectivity index (χ4n) is 2.96. The molecular weight excluding hydrogens is 334 g/mol. The Kier molecular flexibility index (Phi) is 4.61. The molecule has 2 aromatic rings. The number of rotatable bonds is 5. The van der Waals surface area contributed by atoms with Crippen molar-refractivity contribution < 1.29 is 17.9 Å². The van der Waals surface area contributed by atoms with E-state index in [0.717, 1.165) is 18.4 Å². The van der Waals surface area contributed by atoms with E-state index in [0.29, 0.717) is 22.3 Å². The number of benzene rings is 1. The predicted octanol–water partition coefficient (Wildman–Crippen LogP) is 3.29. The summed E-state index contributed by atoms with van der Waals surface area (Å²) in [5, 5.41) is 1.78. The molecular formula is C16H19NO4S2. The van der Waals surface area contributed by atoms with Crippen LogP contribution in [0.2, 0.25) is 0 Å². The van der Waals surface area contributed by atoms with Gasteiger partial charge in [0.15, 0.2) is 0 Å². The lowest BCUT2D eigenvalue weighted by atomic mass is 10.0. The number of hydrogen-bond donors (Lipinski definition) is 0. The zero-order valence-electron chi connectivity index (χ0n) is 13.1. The van der Waals surface area contributed by atoms with Gasteiger partial charge in [-0.2, -0.15) is 4.31 Å². The number of thiophene rings is 1. The first kappa shape index (κ1) is 16.3. The van der Waals surface area contributed by atoms with Crippen LogP contribution in [0.25, 0.3) is 0 Å². The van der Waals surface area contributed by atoms with Crippen LogP contribution in [0.4, 0.5) is 0 Å². The molecule has 3 rings (SSSR count). The third-order valence-corrected chi connectivity index (χ3v) is 7.34. The summed E-state index contributed by atoms with van der Waals surface area (Å²) in [6.45, 7) is 0.528. The number of ether oxygens (including phenoxy) is 2. The first-order valence-corrected chi connectivity index (χ1v) is 9.67. The molecule has 7 heteroatoms. The lowest BCUT2D eigenvalue weighted by molar-refractivity contribution is 0.361. The maximum absolute atomic E-state index is 12.9. The topological polar surface area (TPSA) is 55.8 Å². The molecule has 23 heavy (non-hydrogen) atoms. The Morgan fingerprint density at radius 1 is 1.22 bits per heavy atom. The fourth-order valence-corrected chi connectivity index (χ4v) is 5.75. The van der Waals surface area contributed by atoms with Crippen molar-refractivity contribution in [2.45, 2.75) is 23.1 Å². The van der Waals surface area contributed by atoms with Crippen molar-refractivity contribution in [1.29, 1.82) is 0 Å². The molecule has 5 nitrogen and oxygen atoms in total. The minimum atomic E-state index is -3.47. The molecule has 1 aliphatic rings. The highest BCUT2D eigenvalue weighted by atomic mass is 32.2. The van der Waals surface area contributed by atoms with Crippen molar-refractivity contribution >= 4 is 21.4 Å². The Hall–Kier alpha value is -1.57. The van der Waals surface area contributed by atoms with Gasteiger partial charge in [-0.1, -0.05) is 12.1 Å². The summed E-state index contributed by atoms with van der Waals surface area (Å²) >= 11 is 1.25. The molecule has 1 aliphatic heterocycles. The number of nitrogens with zero attached hydrogens (tertiary/aromatic N) is 1. The number of sulfonamides is 1. The molecule has 0 spiro atoms. The first-order chi connectivity index (χ1) is 11.1. The minimum absolute atomic E-state index is 0.206. The summed E-state index contributed by atoms with van der Waals surface area (Å²) in [6, 6.07) is 8.74. The molecule has 1 aromatic heterocycles. The van der Waals surface area contributed by atoms with Gasteiger partial charge in [-0.25, -0.2) is 8.42 Å². The highest BCUT2D eigenvalue weighted by molar-refractivity contribution is 7.91. The van der Waals surface area contributed by atoms with Crippen LogP contribution in [0.3, 0.4) is 0 Å². The maximum Gasteiger partial charge on any atom is 0.253 e. The summed E-state index contributed by atoms with van der Waals surface area (Å²) < 4.78 is 38.4. The van der Waals surface area contributed by atoms with Crippen LogP contribution in [-0.4, -0.2) is 33.5 Å². The lowest BCUT2D eigenvalue weighted by Gasteiger charge is -2.25. The third-order valence-electron chi connectivity index (χ3n) is 4.06. The lowest BCUT2D eigenvalue weighted by Crippen LogP contribution is -2.30. The Morgan fingerprint density at radius 2 is 2.04 bits per heavy atom. The van der Waals surface area contributed by atoms with E-state index in [1.807, 2.05) is 12.1 Å². The van der Waals surface area contributed by atoms with Gasteiger partial charge in [0.05, 0.1) is 20.3 Å². The van der Waals surface area contributed by atoms with Gasteiger partial charge in [0.2, 0.25) is 0 Å². The third kappa shape index (κ3) is 2.96. The molecule has 1 atom stereocenters. The SMILES string of the molecule is COc1ccc(C2CCCN2S(=O)(=O)c2cccs2)c(OC)c1. The monoisotopic (exact) mass is 353 g/mol. The van der Waals surface area contributed by atoms with Crippen molar-refractivity contribution in [3.8, 4) is 11.5 Å². The highest BCUT2D eigenvalue weighted by Gasteiger charge is 2.38. The van der Waals surface area contributed by atoms with Crippen molar-refractivity contribution in [3.63, 3.8) is 0 Å². The molecule has 0 aliphatic carbocycles. The summed E-state index contributed by atoms with van der Waals surface area (Å²) in [6.07, 6.45) is 1.62. The summed E-state index contributed by atoms with van der Waals surface area (Å²) in [7, 11) is -0.285. The van der Waals surface area contributed by atoms with Crippen LogP contribution >= 0.6 is 11.3 Å². The quantitative estimate of drug-likeness (QED) is 0.828. The van der Waals surface area contributed by atoms with E-state index in [1.54, 1.807) is 42.1 Å². The van der Waals surface area contributed by atoms with Crippen molar-refractivity contribution in [3.05, 3.63) is 41.3 Å². The molecule has 0 N–H and O–H groups in total. The van der Waals surface area contributed by atoms with E-state index in [2.05, 4.69) is 0 Å². The fraction of sp³-hybridized carbons (Fsp3) is 0.375. The van der Waals surface area contributed by atoms with Crippen LogP contribution in [0.5, 0.6) is 11.5 Å². The average molecular weight is 353 g/mol. The van der Waals surface area contributed by atoms with E-state index < -0.39 is 10.0 Å². The van der Waals surface area contributed by atoms with Gasteiger partial charge >= 0.3 is 0 Å². The van der Waals surface area contributed by atoms with Gasteiger partial charge < -0.3 is 9.47 Å². The van der Waals surface area contributed by atoms with Crippen molar-refractivity contribution in [1.82, 2.24) is 4.31 Å². The highest BCUT2D eigenvalue weighted by Crippen LogP contribution is 2.41. The molecule has 0 saturated carbocycles. The van der Waals surface area contributed by atoms with E-state index in [9.17, 15) is 8.42 Å². The van der Waals surface area contributed by atoms with Crippen LogP contribution in [0.1, 0.15) is 24.4 Å². The summed E-state index contributed by atoms with van der Waals surface area (Å²) in [5.74, 6) is 1.35.